The SMILES string of the molecule is Cc1nc2ccccc2c(-c2ccccc2)c1C(=O)/C=C/c1ccc(C(C)C)cc1. The Morgan fingerprint density at radius 2 is 1.53 bits per heavy atom. The Bertz CT molecular complexity index is 1220. The number of pyridine rings is 1. The molecule has 4 aromatic rings. The van der Waals surface area contributed by atoms with Gasteiger partial charge >= 0.3 is 0 Å². The van der Waals surface area contributed by atoms with Gasteiger partial charge < -0.3 is 0 Å². The van der Waals surface area contributed by atoms with E-state index in [1.165, 1.54) is 5.56 Å². The molecule has 1 aromatic heterocycles. The quantitative estimate of drug-likeness (QED) is 0.265. The lowest BCUT2D eigenvalue weighted by atomic mass is 9.92. The molecule has 0 bridgehead atoms. The highest BCUT2D eigenvalue weighted by Crippen LogP contribution is 2.33. The minimum absolute atomic E-state index is 0.0301. The van der Waals surface area contributed by atoms with Crippen molar-refractivity contribution < 1.29 is 4.79 Å². The Morgan fingerprint density at radius 1 is 0.867 bits per heavy atom. The predicted octanol–water partition coefficient (Wildman–Crippen LogP) is 7.23. The summed E-state index contributed by atoms with van der Waals surface area (Å²) < 4.78 is 0. The molecule has 0 fully saturated rings. The molecular weight excluding hydrogens is 366 g/mol. The lowest BCUT2D eigenvalue weighted by molar-refractivity contribution is 0.104. The monoisotopic (exact) mass is 391 g/mol. The number of hydrogen-bond acceptors (Lipinski definition) is 2. The number of rotatable bonds is 5. The van der Waals surface area contributed by atoms with Crippen LogP contribution in [0.1, 0.15) is 46.9 Å². The summed E-state index contributed by atoms with van der Waals surface area (Å²) in [6, 6.07) is 26.4. The summed E-state index contributed by atoms with van der Waals surface area (Å²) in [6.07, 6.45) is 3.55. The predicted molar refractivity (Wildman–Crippen MR) is 126 cm³/mol. The van der Waals surface area contributed by atoms with Crippen molar-refractivity contribution in [2.75, 3.05) is 0 Å². The molecule has 148 valence electrons. The maximum Gasteiger partial charge on any atom is 0.188 e. The molecule has 0 unspecified atom stereocenters. The fourth-order valence-corrected chi connectivity index (χ4v) is 3.79. The number of carbonyl (C=O) groups excluding carboxylic acids is 1. The first-order valence-electron chi connectivity index (χ1n) is 10.3. The minimum Gasteiger partial charge on any atom is -0.289 e. The van der Waals surface area contributed by atoms with Crippen LogP contribution in [-0.4, -0.2) is 10.8 Å². The summed E-state index contributed by atoms with van der Waals surface area (Å²) in [4.78, 5) is 18.0. The molecular formula is C28H25NO. The van der Waals surface area contributed by atoms with Gasteiger partial charge in [0.05, 0.1) is 11.1 Å². The van der Waals surface area contributed by atoms with Crippen molar-refractivity contribution in [1.29, 1.82) is 0 Å². The van der Waals surface area contributed by atoms with Crippen LogP contribution in [0.5, 0.6) is 0 Å². The second kappa shape index (κ2) is 8.46. The first kappa shape index (κ1) is 19.8. The van der Waals surface area contributed by atoms with E-state index >= 15 is 0 Å². The normalized spacial score (nSPS) is 11.5. The van der Waals surface area contributed by atoms with E-state index in [-0.39, 0.29) is 5.78 Å². The van der Waals surface area contributed by atoms with Crippen LogP contribution in [0.15, 0.2) is 84.9 Å². The number of aromatic nitrogens is 1. The molecule has 30 heavy (non-hydrogen) atoms. The van der Waals surface area contributed by atoms with Gasteiger partial charge in [-0.3, -0.25) is 9.78 Å². The molecule has 0 aliphatic heterocycles. The molecule has 2 nitrogen and oxygen atoms in total. The van der Waals surface area contributed by atoms with Crippen molar-refractivity contribution in [2.24, 2.45) is 0 Å². The van der Waals surface area contributed by atoms with Crippen molar-refractivity contribution in [3.05, 3.63) is 107 Å². The topological polar surface area (TPSA) is 30.0 Å². The largest absolute Gasteiger partial charge is 0.289 e. The number of carbonyl (C=O) groups is 1. The highest BCUT2D eigenvalue weighted by atomic mass is 16.1. The number of para-hydroxylation sites is 1. The minimum atomic E-state index is -0.0301. The summed E-state index contributed by atoms with van der Waals surface area (Å²) in [5.74, 6) is 0.460. The van der Waals surface area contributed by atoms with Gasteiger partial charge in [0.2, 0.25) is 0 Å². The average molecular weight is 392 g/mol. The van der Waals surface area contributed by atoms with Gasteiger partial charge in [0.25, 0.3) is 0 Å². The van der Waals surface area contributed by atoms with Crippen molar-refractivity contribution in [1.82, 2.24) is 4.98 Å². The Balaban J connectivity index is 1.80. The van der Waals surface area contributed by atoms with E-state index in [2.05, 4.69) is 38.1 Å². The molecule has 4 rings (SSSR count). The fraction of sp³-hybridized carbons (Fsp3) is 0.143. The van der Waals surface area contributed by atoms with E-state index in [1.54, 1.807) is 6.08 Å². The van der Waals surface area contributed by atoms with Gasteiger partial charge in [-0.1, -0.05) is 92.7 Å². The van der Waals surface area contributed by atoms with E-state index in [9.17, 15) is 4.79 Å². The molecule has 1 heterocycles. The van der Waals surface area contributed by atoms with Crippen LogP contribution >= 0.6 is 0 Å². The highest BCUT2D eigenvalue weighted by Gasteiger charge is 2.18. The van der Waals surface area contributed by atoms with E-state index < -0.39 is 0 Å². The third-order valence-electron chi connectivity index (χ3n) is 5.41. The molecule has 0 aliphatic carbocycles. The molecule has 0 spiro atoms. The maximum atomic E-state index is 13.3. The van der Waals surface area contributed by atoms with Gasteiger partial charge in [0, 0.05) is 16.6 Å². The van der Waals surface area contributed by atoms with Gasteiger partial charge in [-0.05, 0) is 41.7 Å². The van der Waals surface area contributed by atoms with Crippen LogP contribution in [0.4, 0.5) is 0 Å². The number of allylic oxidation sites excluding steroid dienone is 1. The van der Waals surface area contributed by atoms with E-state index in [4.69, 9.17) is 4.98 Å². The van der Waals surface area contributed by atoms with Gasteiger partial charge in [-0.15, -0.1) is 0 Å². The number of ketones is 1. The van der Waals surface area contributed by atoms with Crippen LogP contribution in [-0.2, 0) is 0 Å². The highest BCUT2D eigenvalue weighted by molar-refractivity contribution is 6.16. The first-order chi connectivity index (χ1) is 14.5. The van der Waals surface area contributed by atoms with E-state index in [0.29, 0.717) is 11.5 Å². The van der Waals surface area contributed by atoms with Crippen molar-refractivity contribution in [2.45, 2.75) is 26.7 Å². The number of hydrogen-bond donors (Lipinski definition) is 0. The second-order valence-corrected chi connectivity index (χ2v) is 7.85. The van der Waals surface area contributed by atoms with Crippen LogP contribution in [0.25, 0.3) is 28.1 Å². The first-order valence-corrected chi connectivity index (χ1v) is 10.3. The molecule has 2 heteroatoms. The molecule has 0 atom stereocenters. The zero-order valence-electron chi connectivity index (χ0n) is 17.6. The third kappa shape index (κ3) is 3.95. The van der Waals surface area contributed by atoms with Gasteiger partial charge in [-0.2, -0.15) is 0 Å². The smallest absolute Gasteiger partial charge is 0.188 e. The molecule has 0 aliphatic rings. The van der Waals surface area contributed by atoms with Crippen LogP contribution in [0.3, 0.4) is 0 Å². The lowest BCUT2D eigenvalue weighted by Crippen LogP contribution is -2.05. The zero-order valence-corrected chi connectivity index (χ0v) is 17.6. The molecule has 0 amide bonds. The average Bonchev–Trinajstić information content (AvgIpc) is 2.77. The fourth-order valence-electron chi connectivity index (χ4n) is 3.79. The summed E-state index contributed by atoms with van der Waals surface area (Å²) in [5, 5.41) is 0.993. The lowest BCUT2D eigenvalue weighted by Gasteiger charge is -2.14. The van der Waals surface area contributed by atoms with Crippen LogP contribution in [0.2, 0.25) is 0 Å². The Labute approximate surface area is 177 Å². The van der Waals surface area contributed by atoms with E-state index in [1.807, 2.05) is 67.6 Å². The van der Waals surface area contributed by atoms with Crippen LogP contribution < -0.4 is 0 Å². The van der Waals surface area contributed by atoms with Crippen molar-refractivity contribution >= 4 is 22.8 Å². The van der Waals surface area contributed by atoms with Gasteiger partial charge in [0.1, 0.15) is 0 Å². The molecule has 0 saturated carbocycles. The number of benzene rings is 3. The van der Waals surface area contributed by atoms with Gasteiger partial charge in [-0.25, -0.2) is 0 Å². The summed E-state index contributed by atoms with van der Waals surface area (Å²) in [6.45, 7) is 6.27. The standard InChI is InChI=1S/C28H25NO/c1-19(2)22-16-13-21(14-17-22)15-18-26(30)27-20(3)29-25-12-8-7-11-24(25)28(27)23-9-5-4-6-10-23/h4-19H,1-3H3/b18-15+. The summed E-state index contributed by atoms with van der Waals surface area (Å²) in [5.41, 5.74) is 6.59. The van der Waals surface area contributed by atoms with E-state index in [0.717, 1.165) is 33.3 Å². The molecule has 3 aromatic carbocycles. The van der Waals surface area contributed by atoms with Crippen molar-refractivity contribution in [3.8, 4) is 11.1 Å². The number of nitrogens with zero attached hydrogens (tertiary/aromatic N) is 1. The Kier molecular flexibility index (Phi) is 5.58. The van der Waals surface area contributed by atoms with Crippen LogP contribution in [0, 0.1) is 6.92 Å². The molecule has 0 N–H and O–H groups in total. The Morgan fingerprint density at radius 3 is 2.23 bits per heavy atom. The molecule has 0 saturated heterocycles. The summed E-state index contributed by atoms with van der Waals surface area (Å²) in [7, 11) is 0. The number of aryl methyl sites for hydroxylation is 1. The summed E-state index contributed by atoms with van der Waals surface area (Å²) >= 11 is 0. The maximum absolute atomic E-state index is 13.3. The number of fused-ring (bicyclic) bond motifs is 1. The third-order valence-corrected chi connectivity index (χ3v) is 5.41. The van der Waals surface area contributed by atoms with Crippen molar-refractivity contribution in [3.63, 3.8) is 0 Å². The van der Waals surface area contributed by atoms with Gasteiger partial charge in [0.15, 0.2) is 5.78 Å². The zero-order chi connectivity index (χ0) is 21.1. The Hall–Kier alpha value is -3.52. The molecule has 0 radical (unpaired) electrons. The second-order valence-electron chi connectivity index (χ2n) is 7.85.